The van der Waals surface area contributed by atoms with E-state index in [1.54, 1.807) is 12.0 Å². The Morgan fingerprint density at radius 2 is 2.04 bits per heavy atom. The number of carbonyl (C=O) groups excluding carboxylic acids is 1. The van der Waals surface area contributed by atoms with E-state index in [0.29, 0.717) is 32.4 Å². The molecule has 5 nitrogen and oxygen atoms in total. The van der Waals surface area contributed by atoms with E-state index in [1.807, 2.05) is 30.3 Å². The van der Waals surface area contributed by atoms with Crippen LogP contribution in [-0.4, -0.2) is 54.9 Å². The van der Waals surface area contributed by atoms with Crippen LogP contribution in [-0.2, 0) is 9.53 Å². The fourth-order valence-electron chi connectivity index (χ4n) is 3.39. The summed E-state index contributed by atoms with van der Waals surface area (Å²) in [7, 11) is 1.64. The molecule has 0 saturated carbocycles. The third-order valence-electron chi connectivity index (χ3n) is 4.78. The number of benzene rings is 2. The van der Waals surface area contributed by atoms with Crippen molar-refractivity contribution < 1.29 is 19.4 Å². The van der Waals surface area contributed by atoms with Crippen LogP contribution in [0.1, 0.15) is 19.3 Å². The number of nitrogens with zero attached hydrogens (tertiary/aromatic N) is 1. The first-order valence-electron chi connectivity index (χ1n) is 8.76. The van der Waals surface area contributed by atoms with Crippen LogP contribution in [0.3, 0.4) is 0 Å². The molecule has 1 saturated heterocycles. The molecule has 25 heavy (non-hydrogen) atoms. The van der Waals surface area contributed by atoms with E-state index in [9.17, 15) is 9.90 Å². The van der Waals surface area contributed by atoms with Gasteiger partial charge in [-0.15, -0.1) is 0 Å². The van der Waals surface area contributed by atoms with Gasteiger partial charge in [0.05, 0.1) is 25.4 Å². The predicted molar refractivity (Wildman–Crippen MR) is 96.7 cm³/mol. The Morgan fingerprint density at radius 1 is 1.24 bits per heavy atom. The van der Waals surface area contributed by atoms with E-state index in [-0.39, 0.29) is 24.7 Å². The minimum Gasteiger partial charge on any atom is -0.493 e. The molecule has 134 valence electrons. The van der Waals surface area contributed by atoms with Crippen molar-refractivity contribution in [2.24, 2.45) is 0 Å². The summed E-state index contributed by atoms with van der Waals surface area (Å²) >= 11 is 0. The number of carbonyl (C=O) groups is 1. The molecule has 0 bridgehead atoms. The summed E-state index contributed by atoms with van der Waals surface area (Å²) in [5, 5.41) is 11.7. The molecule has 1 aliphatic rings. The van der Waals surface area contributed by atoms with E-state index >= 15 is 0 Å². The van der Waals surface area contributed by atoms with Crippen molar-refractivity contribution in [3.8, 4) is 5.75 Å². The van der Waals surface area contributed by atoms with Gasteiger partial charge in [0.2, 0.25) is 5.91 Å². The molecule has 2 atom stereocenters. The number of hydrogen-bond acceptors (Lipinski definition) is 4. The maximum Gasteiger partial charge on any atom is 0.223 e. The Morgan fingerprint density at radius 3 is 2.84 bits per heavy atom. The number of ether oxygens (including phenoxy) is 2. The van der Waals surface area contributed by atoms with Crippen LogP contribution >= 0.6 is 0 Å². The second kappa shape index (κ2) is 8.32. The smallest absolute Gasteiger partial charge is 0.223 e. The van der Waals surface area contributed by atoms with E-state index in [2.05, 4.69) is 12.1 Å². The van der Waals surface area contributed by atoms with Crippen LogP contribution in [0.5, 0.6) is 5.75 Å². The molecule has 1 heterocycles. The minimum atomic E-state index is -0.128. The van der Waals surface area contributed by atoms with Crippen molar-refractivity contribution in [2.45, 2.75) is 31.4 Å². The highest BCUT2D eigenvalue weighted by Gasteiger charge is 2.34. The summed E-state index contributed by atoms with van der Waals surface area (Å²) < 4.78 is 11.2. The molecule has 1 N–H and O–H groups in total. The fourth-order valence-corrected chi connectivity index (χ4v) is 3.39. The highest BCUT2D eigenvalue weighted by atomic mass is 16.5. The van der Waals surface area contributed by atoms with Gasteiger partial charge in [0.25, 0.3) is 0 Å². The largest absolute Gasteiger partial charge is 0.493 e. The Hall–Kier alpha value is -2.11. The van der Waals surface area contributed by atoms with Crippen LogP contribution in [0, 0.1) is 0 Å². The lowest BCUT2D eigenvalue weighted by Gasteiger charge is -2.22. The number of fused-ring (bicyclic) bond motifs is 1. The molecule has 2 aromatic carbocycles. The maximum atomic E-state index is 12.4. The average Bonchev–Trinajstić information content (AvgIpc) is 3.09. The Balaban J connectivity index is 1.50. The summed E-state index contributed by atoms with van der Waals surface area (Å²) in [4.78, 5) is 14.1. The molecule has 0 spiro atoms. The molecule has 0 aromatic heterocycles. The lowest BCUT2D eigenvalue weighted by atomic mass is 10.1. The van der Waals surface area contributed by atoms with Crippen molar-refractivity contribution >= 4 is 16.7 Å². The summed E-state index contributed by atoms with van der Waals surface area (Å²) in [6, 6.07) is 14.0. The van der Waals surface area contributed by atoms with Crippen molar-refractivity contribution in [3.63, 3.8) is 0 Å². The molecule has 1 aliphatic heterocycles. The van der Waals surface area contributed by atoms with E-state index in [1.165, 1.54) is 0 Å². The second-order valence-corrected chi connectivity index (χ2v) is 6.41. The van der Waals surface area contributed by atoms with Gasteiger partial charge in [-0.2, -0.15) is 0 Å². The van der Waals surface area contributed by atoms with Crippen molar-refractivity contribution in [2.75, 3.05) is 26.9 Å². The molecule has 0 radical (unpaired) electrons. The molecule has 0 aliphatic carbocycles. The first-order valence-corrected chi connectivity index (χ1v) is 8.76. The molecule has 0 unspecified atom stereocenters. The number of likely N-dealkylation sites (tertiary alicyclic amines) is 1. The van der Waals surface area contributed by atoms with Crippen LogP contribution in [0.25, 0.3) is 10.8 Å². The zero-order valence-electron chi connectivity index (χ0n) is 14.6. The molecular weight excluding hydrogens is 318 g/mol. The molecule has 3 rings (SSSR count). The van der Waals surface area contributed by atoms with Gasteiger partial charge in [0.15, 0.2) is 0 Å². The lowest BCUT2D eigenvalue weighted by Crippen LogP contribution is -2.38. The third kappa shape index (κ3) is 4.11. The average molecular weight is 343 g/mol. The van der Waals surface area contributed by atoms with Crippen molar-refractivity contribution in [3.05, 3.63) is 42.5 Å². The monoisotopic (exact) mass is 343 g/mol. The van der Waals surface area contributed by atoms with Gasteiger partial charge >= 0.3 is 0 Å². The number of aliphatic hydroxyl groups excluding tert-OH is 1. The highest BCUT2D eigenvalue weighted by Crippen LogP contribution is 2.25. The molecule has 1 amide bonds. The van der Waals surface area contributed by atoms with Crippen molar-refractivity contribution in [1.29, 1.82) is 0 Å². The number of hydrogen-bond donors (Lipinski definition) is 1. The molecular formula is C20H25NO4. The quantitative estimate of drug-likeness (QED) is 0.785. The number of aliphatic hydroxyl groups is 1. The van der Waals surface area contributed by atoms with Crippen LogP contribution in [0.4, 0.5) is 0 Å². The number of amides is 1. The zero-order chi connectivity index (χ0) is 17.6. The minimum absolute atomic E-state index is 0.0158. The summed E-state index contributed by atoms with van der Waals surface area (Å²) in [5.74, 6) is 0.902. The maximum absolute atomic E-state index is 12.4. The topological polar surface area (TPSA) is 59.0 Å². The summed E-state index contributed by atoms with van der Waals surface area (Å²) in [5.41, 5.74) is 0. The SMILES string of the molecule is CO[C@@H]1C[C@@H](CO)N(C(=O)CCCOc2cccc3ccccc23)C1. The first-order chi connectivity index (χ1) is 12.2. The molecule has 5 heteroatoms. The third-order valence-corrected chi connectivity index (χ3v) is 4.78. The number of methoxy groups -OCH3 is 1. The standard InChI is InChI=1S/C20H25NO4/c1-24-17-12-16(14-22)21(13-17)20(23)10-5-11-25-19-9-4-7-15-6-2-3-8-18(15)19/h2-4,6-9,16-17,22H,5,10-14H2,1H3/t16-,17+/m0/s1. The first kappa shape index (κ1) is 17.7. The number of rotatable bonds is 7. The Kier molecular flexibility index (Phi) is 5.89. The highest BCUT2D eigenvalue weighted by molar-refractivity contribution is 5.88. The Labute approximate surface area is 148 Å². The van der Waals surface area contributed by atoms with Gasteiger partial charge in [-0.1, -0.05) is 36.4 Å². The lowest BCUT2D eigenvalue weighted by molar-refractivity contribution is -0.133. The van der Waals surface area contributed by atoms with E-state index in [0.717, 1.165) is 16.5 Å². The zero-order valence-corrected chi connectivity index (χ0v) is 14.6. The van der Waals surface area contributed by atoms with Crippen LogP contribution < -0.4 is 4.74 Å². The van der Waals surface area contributed by atoms with Gasteiger partial charge in [-0.05, 0) is 24.3 Å². The van der Waals surface area contributed by atoms with Crippen LogP contribution in [0.2, 0.25) is 0 Å². The van der Waals surface area contributed by atoms with Gasteiger partial charge in [0.1, 0.15) is 5.75 Å². The van der Waals surface area contributed by atoms with E-state index < -0.39 is 0 Å². The summed E-state index contributed by atoms with van der Waals surface area (Å²) in [6.07, 6.45) is 1.78. The second-order valence-electron chi connectivity index (χ2n) is 6.41. The van der Waals surface area contributed by atoms with E-state index in [4.69, 9.17) is 9.47 Å². The van der Waals surface area contributed by atoms with Gasteiger partial charge in [-0.25, -0.2) is 0 Å². The predicted octanol–water partition coefficient (Wildman–Crippen LogP) is 2.61. The Bertz CT molecular complexity index is 712. The molecule has 2 aromatic rings. The van der Waals surface area contributed by atoms with Gasteiger partial charge in [0, 0.05) is 25.5 Å². The normalized spacial score (nSPS) is 20.2. The molecule has 1 fully saturated rings. The fraction of sp³-hybridized carbons (Fsp3) is 0.450. The van der Waals surface area contributed by atoms with Gasteiger partial charge in [-0.3, -0.25) is 4.79 Å². The van der Waals surface area contributed by atoms with Crippen LogP contribution in [0.15, 0.2) is 42.5 Å². The van der Waals surface area contributed by atoms with Crippen molar-refractivity contribution in [1.82, 2.24) is 4.90 Å². The summed E-state index contributed by atoms with van der Waals surface area (Å²) in [6.45, 7) is 1.04. The van der Waals surface area contributed by atoms with Gasteiger partial charge < -0.3 is 19.5 Å².